The van der Waals surface area contributed by atoms with E-state index in [9.17, 15) is 4.79 Å². The first-order valence-corrected chi connectivity index (χ1v) is 8.17. The summed E-state index contributed by atoms with van der Waals surface area (Å²) in [7, 11) is 0. The Labute approximate surface area is 130 Å². The summed E-state index contributed by atoms with van der Waals surface area (Å²) >= 11 is 0. The second kappa shape index (κ2) is 3.90. The number of fused-ring (bicyclic) bond motifs is 1. The van der Waals surface area contributed by atoms with Gasteiger partial charge >= 0.3 is 0 Å². The molecule has 0 bridgehead atoms. The standard InChI is InChI=1S/C19H20N2O/c1-2-18-8-5-10-21-11-9-19(17(18)21)13-6-3-4-7-15(13)20-16(22)14(19)12-18/h2-8,14,17H,1,9-12H2,(H,20,22)/t14-,17+,18+,19+/m1/s1. The fraction of sp³-hybridized carbons (Fsp3) is 0.421. The number of amides is 1. The number of nitrogens with one attached hydrogen (secondary N) is 1. The van der Waals surface area contributed by atoms with Crippen molar-refractivity contribution in [3.63, 3.8) is 0 Å². The highest BCUT2D eigenvalue weighted by Gasteiger charge is 2.69. The Morgan fingerprint density at radius 2 is 2.23 bits per heavy atom. The van der Waals surface area contributed by atoms with Crippen LogP contribution in [-0.2, 0) is 10.2 Å². The number of rotatable bonds is 1. The number of carbonyl (C=O) groups is 1. The SMILES string of the molecule is C=C[C@]12C=CCN3CC[C@@]4(c5ccccc5NC(=O)[C@H]4C1)[C@@H]32. The zero-order chi connectivity index (χ0) is 14.9. The van der Waals surface area contributed by atoms with Gasteiger partial charge in [-0.3, -0.25) is 9.69 Å². The van der Waals surface area contributed by atoms with Gasteiger partial charge in [-0.1, -0.05) is 36.4 Å². The van der Waals surface area contributed by atoms with E-state index in [0.29, 0.717) is 6.04 Å². The highest BCUT2D eigenvalue weighted by molar-refractivity contribution is 5.98. The molecule has 1 aromatic carbocycles. The summed E-state index contributed by atoms with van der Waals surface area (Å²) in [6.45, 7) is 6.21. The second-order valence-electron chi connectivity index (χ2n) is 7.20. The molecule has 1 aromatic rings. The van der Waals surface area contributed by atoms with E-state index in [-0.39, 0.29) is 22.7 Å². The largest absolute Gasteiger partial charge is 0.326 e. The summed E-state index contributed by atoms with van der Waals surface area (Å²) < 4.78 is 0. The first kappa shape index (κ1) is 12.7. The van der Waals surface area contributed by atoms with Crippen LogP contribution >= 0.6 is 0 Å². The summed E-state index contributed by atoms with van der Waals surface area (Å²) in [5.74, 6) is 0.253. The molecule has 1 saturated heterocycles. The number of anilines is 1. The van der Waals surface area contributed by atoms with Crippen molar-refractivity contribution >= 4 is 11.6 Å². The molecule has 0 unspecified atom stereocenters. The lowest BCUT2D eigenvalue weighted by Crippen LogP contribution is -2.52. The number of hydrogen-bond donors (Lipinski definition) is 1. The van der Waals surface area contributed by atoms with Crippen LogP contribution in [0.4, 0.5) is 5.69 Å². The minimum atomic E-state index is -0.0613. The van der Waals surface area contributed by atoms with Gasteiger partial charge in [0.2, 0.25) is 5.91 Å². The molecular formula is C19H20N2O. The molecule has 3 heterocycles. The van der Waals surface area contributed by atoms with E-state index in [1.807, 2.05) is 12.1 Å². The van der Waals surface area contributed by atoms with Gasteiger partial charge in [0.05, 0.1) is 5.92 Å². The van der Waals surface area contributed by atoms with Crippen LogP contribution in [0.15, 0.2) is 49.1 Å². The Morgan fingerprint density at radius 1 is 1.36 bits per heavy atom. The van der Waals surface area contributed by atoms with Gasteiger partial charge in [-0.05, 0) is 31.0 Å². The van der Waals surface area contributed by atoms with Gasteiger partial charge in [0.1, 0.15) is 0 Å². The summed E-state index contributed by atoms with van der Waals surface area (Å²) in [6, 6.07) is 8.77. The molecule has 1 N–H and O–H groups in total. The second-order valence-corrected chi connectivity index (χ2v) is 7.20. The number of para-hydroxylation sites is 1. The Balaban J connectivity index is 1.82. The molecule has 3 heteroatoms. The van der Waals surface area contributed by atoms with Gasteiger partial charge in [-0.2, -0.15) is 0 Å². The third-order valence-electron chi connectivity index (χ3n) is 6.51. The molecular weight excluding hydrogens is 272 g/mol. The zero-order valence-corrected chi connectivity index (χ0v) is 12.6. The Hall–Kier alpha value is -1.87. The van der Waals surface area contributed by atoms with Crippen LogP contribution in [0.2, 0.25) is 0 Å². The van der Waals surface area contributed by atoms with Crippen LogP contribution in [0.25, 0.3) is 0 Å². The average molecular weight is 292 g/mol. The summed E-state index contributed by atoms with van der Waals surface area (Å²) in [4.78, 5) is 15.4. The molecule has 0 aromatic heterocycles. The van der Waals surface area contributed by atoms with Crippen molar-refractivity contribution in [1.82, 2.24) is 4.90 Å². The molecule has 5 rings (SSSR count). The van der Waals surface area contributed by atoms with Crippen molar-refractivity contribution in [1.29, 1.82) is 0 Å². The van der Waals surface area contributed by atoms with Crippen molar-refractivity contribution in [3.8, 4) is 0 Å². The number of hydrogen-bond acceptors (Lipinski definition) is 2. The van der Waals surface area contributed by atoms with Crippen LogP contribution in [-0.4, -0.2) is 29.9 Å². The Bertz CT molecular complexity index is 724. The summed E-state index contributed by atoms with van der Waals surface area (Å²) in [6.07, 6.45) is 8.64. The predicted octanol–water partition coefficient (Wildman–Crippen LogP) is 2.71. The third kappa shape index (κ3) is 1.22. The molecule has 1 saturated carbocycles. The lowest BCUT2D eigenvalue weighted by Gasteiger charge is -2.45. The van der Waals surface area contributed by atoms with Crippen LogP contribution in [0.5, 0.6) is 0 Å². The van der Waals surface area contributed by atoms with Crippen molar-refractivity contribution in [2.24, 2.45) is 11.3 Å². The quantitative estimate of drug-likeness (QED) is 0.807. The minimum absolute atomic E-state index is 0.0438. The summed E-state index contributed by atoms with van der Waals surface area (Å²) in [5.41, 5.74) is 2.25. The van der Waals surface area contributed by atoms with Crippen LogP contribution in [0, 0.1) is 11.3 Å². The molecule has 22 heavy (non-hydrogen) atoms. The van der Waals surface area contributed by atoms with Gasteiger partial charge in [0.25, 0.3) is 0 Å². The van der Waals surface area contributed by atoms with E-state index in [1.165, 1.54) is 5.56 Å². The van der Waals surface area contributed by atoms with Gasteiger partial charge in [0, 0.05) is 29.1 Å². The highest BCUT2D eigenvalue weighted by Crippen LogP contribution is 2.65. The number of carbonyl (C=O) groups excluding carboxylic acids is 1. The molecule has 0 radical (unpaired) electrons. The van der Waals surface area contributed by atoms with E-state index in [2.05, 4.69) is 47.2 Å². The molecule has 3 aliphatic heterocycles. The maximum Gasteiger partial charge on any atom is 0.228 e. The topological polar surface area (TPSA) is 32.3 Å². The molecule has 112 valence electrons. The van der Waals surface area contributed by atoms with Gasteiger partial charge in [-0.15, -0.1) is 6.58 Å². The minimum Gasteiger partial charge on any atom is -0.326 e. The maximum absolute atomic E-state index is 12.8. The molecule has 3 nitrogen and oxygen atoms in total. The fourth-order valence-corrected chi connectivity index (χ4v) is 5.79. The zero-order valence-electron chi connectivity index (χ0n) is 12.6. The molecule has 1 aliphatic carbocycles. The summed E-state index contributed by atoms with van der Waals surface area (Å²) in [5, 5.41) is 3.14. The Morgan fingerprint density at radius 3 is 3.09 bits per heavy atom. The third-order valence-corrected chi connectivity index (χ3v) is 6.51. The van der Waals surface area contributed by atoms with Gasteiger partial charge in [0.15, 0.2) is 0 Å². The highest BCUT2D eigenvalue weighted by atomic mass is 16.2. The van der Waals surface area contributed by atoms with Crippen molar-refractivity contribution in [2.75, 3.05) is 18.4 Å². The van der Waals surface area contributed by atoms with E-state index in [1.54, 1.807) is 0 Å². The van der Waals surface area contributed by atoms with Crippen molar-refractivity contribution in [3.05, 3.63) is 54.6 Å². The average Bonchev–Trinajstić information content (AvgIpc) is 3.08. The van der Waals surface area contributed by atoms with E-state index in [4.69, 9.17) is 0 Å². The lowest BCUT2D eigenvalue weighted by atomic mass is 9.65. The number of benzene rings is 1. The van der Waals surface area contributed by atoms with Crippen molar-refractivity contribution < 1.29 is 4.79 Å². The fourth-order valence-electron chi connectivity index (χ4n) is 5.79. The first-order chi connectivity index (χ1) is 10.7. The van der Waals surface area contributed by atoms with Gasteiger partial charge in [-0.25, -0.2) is 0 Å². The lowest BCUT2D eigenvalue weighted by molar-refractivity contribution is -0.122. The monoisotopic (exact) mass is 292 g/mol. The van der Waals surface area contributed by atoms with Crippen LogP contribution in [0.1, 0.15) is 18.4 Å². The normalized spacial score (nSPS) is 41.5. The predicted molar refractivity (Wildman–Crippen MR) is 86.6 cm³/mol. The van der Waals surface area contributed by atoms with E-state index >= 15 is 0 Å². The van der Waals surface area contributed by atoms with Gasteiger partial charge < -0.3 is 5.32 Å². The molecule has 4 atom stereocenters. The van der Waals surface area contributed by atoms with E-state index < -0.39 is 0 Å². The molecule has 4 aliphatic rings. The molecule has 2 fully saturated rings. The first-order valence-electron chi connectivity index (χ1n) is 8.17. The van der Waals surface area contributed by atoms with E-state index in [0.717, 1.165) is 31.6 Å². The van der Waals surface area contributed by atoms with Crippen molar-refractivity contribution in [2.45, 2.75) is 24.3 Å². The Kier molecular flexibility index (Phi) is 2.25. The maximum atomic E-state index is 12.8. The number of nitrogens with zero attached hydrogens (tertiary/aromatic N) is 1. The van der Waals surface area contributed by atoms with Crippen LogP contribution < -0.4 is 5.32 Å². The smallest absolute Gasteiger partial charge is 0.228 e. The molecule has 1 spiro atoms. The molecule has 1 amide bonds. The van der Waals surface area contributed by atoms with Crippen LogP contribution in [0.3, 0.4) is 0 Å².